The molecule has 0 saturated heterocycles. The Morgan fingerprint density at radius 2 is 1.95 bits per heavy atom. The molecule has 4 heteroatoms. The van der Waals surface area contributed by atoms with Gasteiger partial charge in [0.1, 0.15) is 5.75 Å². The molecule has 0 aliphatic heterocycles. The van der Waals surface area contributed by atoms with E-state index in [-0.39, 0.29) is 5.91 Å². The maximum Gasteiger partial charge on any atom is 0.265 e. The van der Waals surface area contributed by atoms with Gasteiger partial charge in [-0.05, 0) is 61.6 Å². The first-order valence-corrected chi connectivity index (χ1v) is 7.85. The van der Waals surface area contributed by atoms with Crippen LogP contribution >= 0.6 is 11.6 Å². The number of aryl methyl sites for hydroxylation is 2. The molecular formula is C18H18ClNO2. The summed E-state index contributed by atoms with van der Waals surface area (Å²) in [5, 5.41) is 3.40. The number of benzene rings is 2. The number of nitrogens with one attached hydrogen (secondary N) is 1. The minimum atomic E-state index is -0.617. The van der Waals surface area contributed by atoms with E-state index in [4.69, 9.17) is 16.3 Å². The van der Waals surface area contributed by atoms with Gasteiger partial charge >= 0.3 is 0 Å². The zero-order chi connectivity index (χ0) is 15.5. The van der Waals surface area contributed by atoms with Crippen LogP contribution in [0.15, 0.2) is 42.5 Å². The third-order valence-corrected chi connectivity index (χ3v) is 4.19. The van der Waals surface area contributed by atoms with E-state index in [1.54, 1.807) is 19.1 Å². The molecule has 114 valence electrons. The summed E-state index contributed by atoms with van der Waals surface area (Å²) in [7, 11) is 0. The molecule has 3 rings (SSSR count). The zero-order valence-corrected chi connectivity index (χ0v) is 13.2. The molecule has 0 bridgehead atoms. The number of carbonyl (C=O) groups excluding carboxylic acids is 1. The van der Waals surface area contributed by atoms with Gasteiger partial charge in [0.05, 0.1) is 5.02 Å². The van der Waals surface area contributed by atoms with Crippen molar-refractivity contribution < 1.29 is 9.53 Å². The average molecular weight is 316 g/mol. The lowest BCUT2D eigenvalue weighted by Crippen LogP contribution is -2.30. The fourth-order valence-corrected chi connectivity index (χ4v) is 2.86. The smallest absolute Gasteiger partial charge is 0.265 e. The number of anilines is 1. The van der Waals surface area contributed by atoms with Gasteiger partial charge in [-0.2, -0.15) is 0 Å². The summed E-state index contributed by atoms with van der Waals surface area (Å²) >= 11 is 6.04. The van der Waals surface area contributed by atoms with Crippen LogP contribution in [0.1, 0.15) is 24.5 Å². The van der Waals surface area contributed by atoms with Crippen LogP contribution < -0.4 is 10.1 Å². The summed E-state index contributed by atoms with van der Waals surface area (Å²) in [5.74, 6) is 0.332. The van der Waals surface area contributed by atoms with E-state index in [1.807, 2.05) is 18.2 Å². The molecule has 1 atom stereocenters. The van der Waals surface area contributed by atoms with E-state index in [2.05, 4.69) is 17.4 Å². The molecule has 0 heterocycles. The van der Waals surface area contributed by atoms with E-state index in [9.17, 15) is 4.79 Å². The number of amides is 1. The van der Waals surface area contributed by atoms with Crippen molar-refractivity contribution in [3.63, 3.8) is 0 Å². The van der Waals surface area contributed by atoms with Crippen molar-refractivity contribution in [1.29, 1.82) is 0 Å². The third-order valence-electron chi connectivity index (χ3n) is 3.88. The second-order valence-corrected chi connectivity index (χ2v) is 5.92. The highest BCUT2D eigenvalue weighted by Crippen LogP contribution is 2.26. The van der Waals surface area contributed by atoms with Gasteiger partial charge in [-0.25, -0.2) is 0 Å². The fourth-order valence-electron chi connectivity index (χ4n) is 2.68. The molecule has 0 spiro atoms. The maximum atomic E-state index is 12.2. The van der Waals surface area contributed by atoms with Crippen molar-refractivity contribution in [2.24, 2.45) is 0 Å². The summed E-state index contributed by atoms with van der Waals surface area (Å²) < 4.78 is 5.63. The molecule has 1 N–H and O–H groups in total. The predicted octanol–water partition coefficient (Wildman–Crippen LogP) is 4.23. The Kier molecular flexibility index (Phi) is 4.34. The molecular weight excluding hydrogens is 298 g/mol. The first kappa shape index (κ1) is 14.9. The van der Waals surface area contributed by atoms with Crippen molar-refractivity contribution in [3.05, 3.63) is 58.6 Å². The lowest BCUT2D eigenvalue weighted by molar-refractivity contribution is -0.122. The quantitative estimate of drug-likeness (QED) is 0.916. The second kappa shape index (κ2) is 6.41. The van der Waals surface area contributed by atoms with E-state index in [1.165, 1.54) is 17.5 Å². The lowest BCUT2D eigenvalue weighted by Gasteiger charge is -2.16. The van der Waals surface area contributed by atoms with Gasteiger partial charge in [0.25, 0.3) is 5.91 Å². The standard InChI is InChI=1S/C18H18ClNO2/c1-12(22-17-8-3-2-7-16(17)19)18(21)20-15-10-9-13-5-4-6-14(13)11-15/h2-3,7-12H,4-6H2,1H3,(H,20,21). The topological polar surface area (TPSA) is 38.3 Å². The summed E-state index contributed by atoms with van der Waals surface area (Å²) in [6.07, 6.45) is 2.80. The maximum absolute atomic E-state index is 12.2. The minimum Gasteiger partial charge on any atom is -0.479 e. The number of carbonyl (C=O) groups is 1. The molecule has 22 heavy (non-hydrogen) atoms. The van der Waals surface area contributed by atoms with Gasteiger partial charge in [-0.15, -0.1) is 0 Å². The zero-order valence-electron chi connectivity index (χ0n) is 12.4. The second-order valence-electron chi connectivity index (χ2n) is 5.52. The normalized spacial score (nSPS) is 14.3. The average Bonchev–Trinajstić information content (AvgIpc) is 2.97. The summed E-state index contributed by atoms with van der Waals surface area (Å²) in [6.45, 7) is 1.71. The van der Waals surface area contributed by atoms with E-state index in [0.717, 1.165) is 18.5 Å². The van der Waals surface area contributed by atoms with E-state index < -0.39 is 6.10 Å². The van der Waals surface area contributed by atoms with Crippen LogP contribution in [0.5, 0.6) is 5.75 Å². The van der Waals surface area contributed by atoms with Gasteiger partial charge < -0.3 is 10.1 Å². The highest BCUT2D eigenvalue weighted by atomic mass is 35.5. The molecule has 0 aromatic heterocycles. The fraction of sp³-hybridized carbons (Fsp3) is 0.278. The van der Waals surface area contributed by atoms with Crippen LogP contribution in [0.2, 0.25) is 5.02 Å². The Morgan fingerprint density at radius 3 is 2.77 bits per heavy atom. The van der Waals surface area contributed by atoms with Gasteiger partial charge in [0.2, 0.25) is 0 Å². The summed E-state index contributed by atoms with van der Waals surface area (Å²) in [5.41, 5.74) is 3.54. The molecule has 1 unspecified atom stereocenters. The van der Waals surface area contributed by atoms with E-state index >= 15 is 0 Å². The molecule has 0 radical (unpaired) electrons. The van der Waals surface area contributed by atoms with Crippen molar-refractivity contribution in [2.75, 3.05) is 5.32 Å². The number of para-hydroxylation sites is 1. The summed E-state index contributed by atoms with van der Waals surface area (Å²) in [4.78, 5) is 12.2. The van der Waals surface area contributed by atoms with Crippen molar-refractivity contribution in [1.82, 2.24) is 0 Å². The van der Waals surface area contributed by atoms with Gasteiger partial charge in [-0.3, -0.25) is 4.79 Å². The first-order valence-electron chi connectivity index (χ1n) is 7.47. The lowest BCUT2D eigenvalue weighted by atomic mass is 10.1. The molecule has 0 fully saturated rings. The van der Waals surface area contributed by atoms with Crippen molar-refractivity contribution >= 4 is 23.2 Å². The number of hydrogen-bond donors (Lipinski definition) is 1. The monoisotopic (exact) mass is 315 g/mol. The Bertz CT molecular complexity index is 699. The molecule has 2 aromatic rings. The van der Waals surface area contributed by atoms with Crippen LogP contribution in [-0.4, -0.2) is 12.0 Å². The van der Waals surface area contributed by atoms with Crippen molar-refractivity contribution in [2.45, 2.75) is 32.3 Å². The van der Waals surface area contributed by atoms with Crippen LogP contribution in [0, 0.1) is 0 Å². The molecule has 0 saturated carbocycles. The van der Waals surface area contributed by atoms with Crippen LogP contribution in [0.25, 0.3) is 0 Å². The van der Waals surface area contributed by atoms with Crippen LogP contribution in [0.4, 0.5) is 5.69 Å². The Balaban J connectivity index is 1.65. The van der Waals surface area contributed by atoms with Gasteiger partial charge in [0, 0.05) is 5.69 Å². The molecule has 3 nitrogen and oxygen atoms in total. The van der Waals surface area contributed by atoms with E-state index in [0.29, 0.717) is 10.8 Å². The van der Waals surface area contributed by atoms with Gasteiger partial charge in [-0.1, -0.05) is 29.8 Å². The Hall–Kier alpha value is -2.00. The summed E-state index contributed by atoms with van der Waals surface area (Å²) in [6, 6.07) is 13.2. The highest BCUT2D eigenvalue weighted by molar-refractivity contribution is 6.32. The van der Waals surface area contributed by atoms with Crippen LogP contribution in [0.3, 0.4) is 0 Å². The number of fused-ring (bicyclic) bond motifs is 1. The SMILES string of the molecule is CC(Oc1ccccc1Cl)C(=O)Nc1ccc2c(c1)CCC2. The predicted molar refractivity (Wildman–Crippen MR) is 88.6 cm³/mol. The largest absolute Gasteiger partial charge is 0.479 e. The van der Waals surface area contributed by atoms with Gasteiger partial charge in [0.15, 0.2) is 6.10 Å². The number of rotatable bonds is 4. The molecule has 1 amide bonds. The minimum absolute atomic E-state index is 0.183. The Labute approximate surface area is 135 Å². The Morgan fingerprint density at radius 1 is 1.18 bits per heavy atom. The molecule has 2 aromatic carbocycles. The molecule has 1 aliphatic carbocycles. The molecule has 1 aliphatic rings. The number of halogens is 1. The first-order chi connectivity index (χ1) is 10.6. The number of ether oxygens (including phenoxy) is 1. The van der Waals surface area contributed by atoms with Crippen molar-refractivity contribution in [3.8, 4) is 5.75 Å². The highest BCUT2D eigenvalue weighted by Gasteiger charge is 2.17. The third kappa shape index (κ3) is 3.25. The number of hydrogen-bond acceptors (Lipinski definition) is 2. The van der Waals surface area contributed by atoms with Crippen LogP contribution in [-0.2, 0) is 17.6 Å².